The molecule has 0 aliphatic carbocycles. The molecule has 0 unspecified atom stereocenters. The van der Waals surface area contributed by atoms with Crippen molar-refractivity contribution in [3.05, 3.63) is 52.6 Å². The van der Waals surface area contributed by atoms with E-state index in [4.69, 9.17) is 0 Å². The number of aromatic nitrogens is 2. The molecule has 96 valence electrons. The first-order chi connectivity index (χ1) is 9.22. The fraction of sp³-hybridized carbons (Fsp3) is 0.0714. The van der Waals surface area contributed by atoms with Crippen molar-refractivity contribution in [1.82, 2.24) is 10.2 Å². The lowest BCUT2D eigenvalue weighted by molar-refractivity contribution is 0.474. The number of hydrogen-bond donors (Lipinski definition) is 3. The van der Waals surface area contributed by atoms with Crippen LogP contribution in [0.25, 0.3) is 10.9 Å². The van der Waals surface area contributed by atoms with Gasteiger partial charge >= 0.3 is 0 Å². The standard InChI is InChI=1S/C14H12BrN3O/c15-10-5-13(12-8-17-18-14(12)6-10)16-7-9-2-1-3-11(19)4-9/h1-6,8,16,19H,7H2,(H,17,18). The van der Waals surface area contributed by atoms with Crippen molar-refractivity contribution in [3.63, 3.8) is 0 Å². The van der Waals surface area contributed by atoms with E-state index in [1.54, 1.807) is 18.3 Å². The summed E-state index contributed by atoms with van der Waals surface area (Å²) in [5, 5.41) is 20.8. The Bertz CT molecular complexity index is 724. The van der Waals surface area contributed by atoms with E-state index < -0.39 is 0 Å². The molecule has 0 fully saturated rings. The van der Waals surface area contributed by atoms with Crippen LogP contribution >= 0.6 is 15.9 Å². The molecule has 0 aliphatic rings. The Kier molecular flexibility index (Phi) is 3.13. The number of benzene rings is 2. The number of nitrogens with one attached hydrogen (secondary N) is 2. The summed E-state index contributed by atoms with van der Waals surface area (Å²) < 4.78 is 0.989. The van der Waals surface area contributed by atoms with Crippen LogP contribution in [0.4, 0.5) is 5.69 Å². The van der Waals surface area contributed by atoms with Gasteiger partial charge in [0.1, 0.15) is 5.75 Å². The molecule has 1 aromatic heterocycles. The number of H-pyrrole nitrogens is 1. The van der Waals surface area contributed by atoms with Crippen LogP contribution in [0.2, 0.25) is 0 Å². The van der Waals surface area contributed by atoms with Gasteiger partial charge in [0.2, 0.25) is 0 Å². The van der Waals surface area contributed by atoms with E-state index in [1.165, 1.54) is 0 Å². The third-order valence-electron chi connectivity index (χ3n) is 2.92. The first-order valence-electron chi connectivity index (χ1n) is 5.87. The number of phenolic OH excluding ortho intramolecular Hbond substituents is 1. The first kappa shape index (κ1) is 12.0. The number of phenols is 1. The van der Waals surface area contributed by atoms with Crippen LogP contribution in [-0.2, 0) is 6.54 Å². The van der Waals surface area contributed by atoms with Crippen LogP contribution in [0.1, 0.15) is 5.56 Å². The molecule has 0 bridgehead atoms. The Morgan fingerprint density at radius 1 is 1.26 bits per heavy atom. The van der Waals surface area contributed by atoms with E-state index in [0.29, 0.717) is 6.54 Å². The molecule has 0 amide bonds. The van der Waals surface area contributed by atoms with Gasteiger partial charge in [0.25, 0.3) is 0 Å². The van der Waals surface area contributed by atoms with Gasteiger partial charge in [-0.05, 0) is 29.8 Å². The highest BCUT2D eigenvalue weighted by Gasteiger charge is 2.05. The van der Waals surface area contributed by atoms with Crippen molar-refractivity contribution in [2.24, 2.45) is 0 Å². The second kappa shape index (κ2) is 4.93. The Hall–Kier alpha value is -2.01. The highest BCUT2D eigenvalue weighted by molar-refractivity contribution is 9.10. The highest BCUT2D eigenvalue weighted by Crippen LogP contribution is 2.27. The van der Waals surface area contributed by atoms with E-state index in [2.05, 4.69) is 31.4 Å². The predicted molar refractivity (Wildman–Crippen MR) is 79.2 cm³/mol. The van der Waals surface area contributed by atoms with Gasteiger partial charge in [0, 0.05) is 22.1 Å². The van der Waals surface area contributed by atoms with Gasteiger partial charge < -0.3 is 10.4 Å². The van der Waals surface area contributed by atoms with Gasteiger partial charge in [0.15, 0.2) is 0 Å². The molecule has 0 aliphatic heterocycles. The van der Waals surface area contributed by atoms with E-state index in [1.807, 2.05) is 24.3 Å². The van der Waals surface area contributed by atoms with E-state index in [9.17, 15) is 5.11 Å². The van der Waals surface area contributed by atoms with Gasteiger partial charge in [-0.2, -0.15) is 5.10 Å². The predicted octanol–water partition coefficient (Wildman–Crippen LogP) is 3.64. The fourth-order valence-corrected chi connectivity index (χ4v) is 2.48. The molecular formula is C14H12BrN3O. The molecule has 3 aromatic rings. The van der Waals surface area contributed by atoms with Crippen molar-refractivity contribution in [2.45, 2.75) is 6.54 Å². The maximum Gasteiger partial charge on any atom is 0.115 e. The zero-order valence-electron chi connectivity index (χ0n) is 10.0. The van der Waals surface area contributed by atoms with Crippen LogP contribution in [0.3, 0.4) is 0 Å². The van der Waals surface area contributed by atoms with Crippen molar-refractivity contribution in [2.75, 3.05) is 5.32 Å². The first-order valence-corrected chi connectivity index (χ1v) is 6.66. The average Bonchev–Trinajstić information content (AvgIpc) is 2.84. The number of aromatic hydroxyl groups is 1. The number of fused-ring (bicyclic) bond motifs is 1. The third kappa shape index (κ3) is 2.56. The number of rotatable bonds is 3. The van der Waals surface area contributed by atoms with E-state index >= 15 is 0 Å². The molecule has 2 aromatic carbocycles. The summed E-state index contributed by atoms with van der Waals surface area (Å²) in [7, 11) is 0. The van der Waals surface area contributed by atoms with Gasteiger partial charge in [0.05, 0.1) is 11.7 Å². The largest absolute Gasteiger partial charge is 0.508 e. The van der Waals surface area contributed by atoms with E-state index in [0.717, 1.165) is 26.6 Å². The second-order valence-electron chi connectivity index (χ2n) is 4.31. The van der Waals surface area contributed by atoms with Gasteiger partial charge in [-0.15, -0.1) is 0 Å². The van der Waals surface area contributed by atoms with Crippen molar-refractivity contribution >= 4 is 32.5 Å². The number of halogens is 1. The van der Waals surface area contributed by atoms with Gasteiger partial charge in [-0.25, -0.2) is 0 Å². The van der Waals surface area contributed by atoms with Crippen LogP contribution in [0.15, 0.2) is 47.1 Å². The minimum Gasteiger partial charge on any atom is -0.508 e. The van der Waals surface area contributed by atoms with Crippen LogP contribution < -0.4 is 5.32 Å². The molecule has 0 spiro atoms. The van der Waals surface area contributed by atoms with Gasteiger partial charge in [-0.3, -0.25) is 5.10 Å². The fourth-order valence-electron chi connectivity index (χ4n) is 2.03. The quantitative estimate of drug-likeness (QED) is 0.691. The normalized spacial score (nSPS) is 10.8. The third-order valence-corrected chi connectivity index (χ3v) is 3.37. The summed E-state index contributed by atoms with van der Waals surface area (Å²) >= 11 is 3.48. The van der Waals surface area contributed by atoms with Crippen LogP contribution in [0.5, 0.6) is 5.75 Å². The molecule has 1 heterocycles. The number of nitrogens with zero attached hydrogens (tertiary/aromatic N) is 1. The Morgan fingerprint density at radius 2 is 2.16 bits per heavy atom. The van der Waals surface area contributed by atoms with Crippen LogP contribution in [-0.4, -0.2) is 15.3 Å². The maximum atomic E-state index is 9.44. The van der Waals surface area contributed by atoms with E-state index in [-0.39, 0.29) is 5.75 Å². The molecule has 0 saturated heterocycles. The summed E-state index contributed by atoms with van der Waals surface area (Å²) in [4.78, 5) is 0. The minimum atomic E-state index is 0.280. The Balaban J connectivity index is 1.87. The molecular weight excluding hydrogens is 306 g/mol. The molecule has 0 saturated carbocycles. The lowest BCUT2D eigenvalue weighted by Gasteiger charge is -2.08. The van der Waals surface area contributed by atoms with Gasteiger partial charge in [-0.1, -0.05) is 28.1 Å². The summed E-state index contributed by atoms with van der Waals surface area (Å²) in [6, 6.07) is 11.2. The van der Waals surface area contributed by atoms with Crippen molar-refractivity contribution < 1.29 is 5.11 Å². The zero-order valence-corrected chi connectivity index (χ0v) is 11.6. The molecule has 4 nitrogen and oxygen atoms in total. The Labute approximate surface area is 118 Å². The molecule has 3 N–H and O–H groups in total. The molecule has 3 rings (SSSR count). The molecule has 19 heavy (non-hydrogen) atoms. The summed E-state index contributed by atoms with van der Waals surface area (Å²) in [5.41, 5.74) is 3.01. The average molecular weight is 318 g/mol. The SMILES string of the molecule is Oc1cccc(CNc2cc(Br)cc3[nH]ncc23)c1. The maximum absolute atomic E-state index is 9.44. The monoisotopic (exact) mass is 317 g/mol. The molecule has 5 heteroatoms. The summed E-state index contributed by atoms with van der Waals surface area (Å²) in [5.74, 6) is 0.280. The highest BCUT2D eigenvalue weighted by atomic mass is 79.9. The summed E-state index contributed by atoms with van der Waals surface area (Å²) in [6.07, 6.45) is 1.80. The lowest BCUT2D eigenvalue weighted by Crippen LogP contribution is -1.99. The molecule has 0 radical (unpaired) electrons. The number of aromatic amines is 1. The second-order valence-corrected chi connectivity index (χ2v) is 5.22. The lowest BCUT2D eigenvalue weighted by atomic mass is 10.2. The smallest absolute Gasteiger partial charge is 0.115 e. The molecule has 0 atom stereocenters. The number of hydrogen-bond acceptors (Lipinski definition) is 3. The number of anilines is 1. The summed E-state index contributed by atoms with van der Waals surface area (Å²) in [6.45, 7) is 0.644. The van der Waals surface area contributed by atoms with Crippen molar-refractivity contribution in [1.29, 1.82) is 0 Å². The minimum absolute atomic E-state index is 0.280. The van der Waals surface area contributed by atoms with Crippen LogP contribution in [0, 0.1) is 0 Å². The zero-order chi connectivity index (χ0) is 13.2. The topological polar surface area (TPSA) is 60.9 Å². The van der Waals surface area contributed by atoms with Crippen molar-refractivity contribution in [3.8, 4) is 5.75 Å². The Morgan fingerprint density at radius 3 is 3.00 bits per heavy atom.